The van der Waals surface area contributed by atoms with Crippen LogP contribution in [-0.2, 0) is 0 Å². The molecule has 0 aliphatic carbocycles. The molecule has 2 rings (SSSR count). The number of ether oxygens (including phenoxy) is 1. The number of unbranched alkanes of at least 4 members (excludes halogenated alkanes) is 3. The monoisotopic (exact) mass is 303 g/mol. The van der Waals surface area contributed by atoms with E-state index in [4.69, 9.17) is 15.1 Å². The lowest BCUT2D eigenvalue weighted by Gasteiger charge is -2.09. The fourth-order valence-corrected chi connectivity index (χ4v) is 2.09. The molecule has 22 heavy (non-hydrogen) atoms. The van der Waals surface area contributed by atoms with E-state index in [1.54, 1.807) is 6.07 Å². The normalized spacial score (nSPS) is 10.5. The molecule has 0 unspecified atom stereocenters. The number of hydrogen-bond donors (Lipinski definition) is 2. The second-order valence-corrected chi connectivity index (χ2v) is 4.96. The van der Waals surface area contributed by atoms with E-state index in [2.05, 4.69) is 12.1 Å². The first-order valence-electron chi connectivity index (χ1n) is 7.46. The van der Waals surface area contributed by atoms with Crippen LogP contribution in [0.25, 0.3) is 11.3 Å². The Balaban J connectivity index is 2.07. The molecule has 118 valence electrons. The molecule has 0 bridgehead atoms. The molecule has 1 aromatic carbocycles. The van der Waals surface area contributed by atoms with Crippen LogP contribution < -0.4 is 16.0 Å². The Hall–Kier alpha value is -2.34. The Bertz CT molecular complexity index is 610. The summed E-state index contributed by atoms with van der Waals surface area (Å²) in [5.41, 5.74) is 2.92. The second kappa shape index (κ2) is 8.19. The largest absolute Gasteiger partial charge is 0.493 e. The third kappa shape index (κ3) is 4.08. The summed E-state index contributed by atoms with van der Waals surface area (Å²) in [6.07, 6.45) is 4.58. The van der Waals surface area contributed by atoms with Crippen molar-refractivity contribution in [3.63, 3.8) is 0 Å². The van der Waals surface area contributed by atoms with E-state index in [-0.39, 0.29) is 5.69 Å². The summed E-state index contributed by atoms with van der Waals surface area (Å²) in [6.45, 7) is 2.83. The van der Waals surface area contributed by atoms with Gasteiger partial charge in [0.15, 0.2) is 11.5 Å². The molecule has 0 aliphatic heterocycles. The van der Waals surface area contributed by atoms with E-state index in [0.717, 1.165) is 24.2 Å². The Labute approximate surface area is 129 Å². The van der Waals surface area contributed by atoms with Gasteiger partial charge < -0.3 is 9.26 Å². The molecule has 0 fully saturated rings. The molecular formula is C16H21N3O3. The smallest absolute Gasteiger partial charge is 0.287 e. The average Bonchev–Trinajstić information content (AvgIpc) is 3.04. The molecule has 3 N–H and O–H groups in total. The van der Waals surface area contributed by atoms with Gasteiger partial charge in [-0.05, 0) is 18.6 Å². The Morgan fingerprint density at radius 2 is 2.14 bits per heavy atom. The first kappa shape index (κ1) is 16.0. The summed E-state index contributed by atoms with van der Waals surface area (Å²) in [7, 11) is 0. The van der Waals surface area contributed by atoms with Crippen LogP contribution in [0.1, 0.15) is 43.1 Å². The van der Waals surface area contributed by atoms with Gasteiger partial charge in [-0.1, -0.05) is 43.5 Å². The number of benzene rings is 1. The van der Waals surface area contributed by atoms with Crippen molar-refractivity contribution in [2.75, 3.05) is 6.61 Å². The van der Waals surface area contributed by atoms with Crippen molar-refractivity contribution in [2.24, 2.45) is 5.84 Å². The van der Waals surface area contributed by atoms with Crippen molar-refractivity contribution in [2.45, 2.75) is 32.6 Å². The zero-order chi connectivity index (χ0) is 15.8. The van der Waals surface area contributed by atoms with Gasteiger partial charge in [-0.15, -0.1) is 0 Å². The van der Waals surface area contributed by atoms with Gasteiger partial charge in [-0.25, -0.2) is 5.84 Å². The number of amides is 1. The molecule has 0 radical (unpaired) electrons. The maximum absolute atomic E-state index is 11.4. The minimum Gasteiger partial charge on any atom is -0.493 e. The Kier molecular flexibility index (Phi) is 5.97. The fraction of sp³-hybridized carbons (Fsp3) is 0.375. The zero-order valence-corrected chi connectivity index (χ0v) is 12.7. The number of hydrazine groups is 1. The molecule has 1 amide bonds. The van der Waals surface area contributed by atoms with Gasteiger partial charge in [0, 0.05) is 6.07 Å². The van der Waals surface area contributed by atoms with E-state index < -0.39 is 5.91 Å². The van der Waals surface area contributed by atoms with Gasteiger partial charge in [0.25, 0.3) is 5.91 Å². The first-order chi connectivity index (χ1) is 10.8. The first-order valence-corrected chi connectivity index (χ1v) is 7.46. The van der Waals surface area contributed by atoms with Crippen LogP contribution in [0.2, 0.25) is 0 Å². The number of hydrogen-bond acceptors (Lipinski definition) is 5. The van der Waals surface area contributed by atoms with Gasteiger partial charge in [0.05, 0.1) is 12.2 Å². The number of nitrogens with two attached hydrogens (primary N) is 1. The molecule has 0 saturated heterocycles. The predicted molar refractivity (Wildman–Crippen MR) is 83.2 cm³/mol. The number of para-hydroxylation sites is 1. The molecule has 0 atom stereocenters. The lowest BCUT2D eigenvalue weighted by molar-refractivity contribution is 0.0944. The summed E-state index contributed by atoms with van der Waals surface area (Å²) in [5, 5.41) is 3.70. The van der Waals surface area contributed by atoms with Crippen molar-refractivity contribution < 1.29 is 14.1 Å². The third-order valence-corrected chi connectivity index (χ3v) is 3.28. The molecule has 0 aliphatic rings. The summed E-state index contributed by atoms with van der Waals surface area (Å²) in [6, 6.07) is 9.06. The molecule has 1 aromatic heterocycles. The van der Waals surface area contributed by atoms with Crippen LogP contribution in [0.5, 0.6) is 5.75 Å². The molecule has 0 saturated carbocycles. The maximum atomic E-state index is 11.4. The number of nitrogen functional groups attached to an aromatic ring is 1. The van der Waals surface area contributed by atoms with Crippen LogP contribution in [0.3, 0.4) is 0 Å². The van der Waals surface area contributed by atoms with E-state index in [0.29, 0.717) is 12.4 Å². The summed E-state index contributed by atoms with van der Waals surface area (Å²) in [5.74, 6) is 5.78. The summed E-state index contributed by atoms with van der Waals surface area (Å²) in [4.78, 5) is 11.4. The lowest BCUT2D eigenvalue weighted by Crippen LogP contribution is -2.30. The minimum atomic E-state index is -0.493. The van der Waals surface area contributed by atoms with E-state index in [9.17, 15) is 4.79 Å². The van der Waals surface area contributed by atoms with Crippen LogP contribution in [-0.4, -0.2) is 17.7 Å². The highest BCUT2D eigenvalue weighted by Gasteiger charge is 2.15. The average molecular weight is 303 g/mol. The zero-order valence-electron chi connectivity index (χ0n) is 12.7. The van der Waals surface area contributed by atoms with Gasteiger partial charge in [0.1, 0.15) is 5.75 Å². The van der Waals surface area contributed by atoms with E-state index in [1.165, 1.54) is 12.8 Å². The number of carbonyl (C=O) groups is 1. The highest BCUT2D eigenvalue weighted by molar-refractivity contribution is 5.92. The molecular weight excluding hydrogens is 282 g/mol. The van der Waals surface area contributed by atoms with Crippen LogP contribution in [0, 0.1) is 0 Å². The van der Waals surface area contributed by atoms with Crippen molar-refractivity contribution in [1.82, 2.24) is 10.6 Å². The topological polar surface area (TPSA) is 90.4 Å². The summed E-state index contributed by atoms with van der Waals surface area (Å²) >= 11 is 0. The number of nitrogens with one attached hydrogen (secondary N) is 1. The van der Waals surface area contributed by atoms with Crippen LogP contribution in [0.4, 0.5) is 0 Å². The molecule has 1 heterocycles. The second-order valence-electron chi connectivity index (χ2n) is 4.96. The molecule has 6 nitrogen and oxygen atoms in total. The summed E-state index contributed by atoms with van der Waals surface area (Å²) < 4.78 is 11.0. The van der Waals surface area contributed by atoms with Gasteiger partial charge in [0.2, 0.25) is 0 Å². The van der Waals surface area contributed by atoms with Crippen molar-refractivity contribution in [1.29, 1.82) is 0 Å². The standard InChI is InChI=1S/C16H21N3O3/c1-2-3-4-7-10-21-14-9-6-5-8-12(14)15-11-13(19-22-15)16(20)18-17/h5-6,8-9,11H,2-4,7,10,17H2,1H3,(H,18,20). The quantitative estimate of drug-likeness (QED) is 0.339. The van der Waals surface area contributed by atoms with Crippen molar-refractivity contribution in [3.05, 3.63) is 36.0 Å². The van der Waals surface area contributed by atoms with Gasteiger partial charge >= 0.3 is 0 Å². The van der Waals surface area contributed by atoms with E-state index >= 15 is 0 Å². The Morgan fingerprint density at radius 3 is 2.91 bits per heavy atom. The maximum Gasteiger partial charge on any atom is 0.287 e. The lowest BCUT2D eigenvalue weighted by atomic mass is 10.1. The number of nitrogens with zero attached hydrogens (tertiary/aromatic N) is 1. The fourth-order valence-electron chi connectivity index (χ4n) is 2.09. The number of rotatable bonds is 8. The highest BCUT2D eigenvalue weighted by Crippen LogP contribution is 2.30. The van der Waals surface area contributed by atoms with E-state index in [1.807, 2.05) is 29.7 Å². The number of aromatic nitrogens is 1. The molecule has 2 aromatic rings. The Morgan fingerprint density at radius 1 is 1.32 bits per heavy atom. The van der Waals surface area contributed by atoms with Crippen LogP contribution >= 0.6 is 0 Å². The third-order valence-electron chi connectivity index (χ3n) is 3.28. The van der Waals surface area contributed by atoms with Crippen molar-refractivity contribution >= 4 is 5.91 Å². The van der Waals surface area contributed by atoms with Gasteiger partial charge in [-0.3, -0.25) is 10.2 Å². The van der Waals surface area contributed by atoms with Gasteiger partial charge in [-0.2, -0.15) is 0 Å². The molecule has 6 heteroatoms. The highest BCUT2D eigenvalue weighted by atomic mass is 16.5. The van der Waals surface area contributed by atoms with Crippen molar-refractivity contribution in [3.8, 4) is 17.1 Å². The number of carbonyl (C=O) groups excluding carboxylic acids is 1. The van der Waals surface area contributed by atoms with Crippen LogP contribution in [0.15, 0.2) is 34.9 Å². The minimum absolute atomic E-state index is 0.134. The SMILES string of the molecule is CCCCCCOc1ccccc1-c1cc(C(=O)NN)no1. The molecule has 0 spiro atoms. The predicted octanol–water partition coefficient (Wildman–Crippen LogP) is 2.90.